The van der Waals surface area contributed by atoms with Crippen molar-refractivity contribution in [3.8, 4) is 0 Å². The van der Waals surface area contributed by atoms with E-state index in [-0.39, 0.29) is 34.6 Å². The molecule has 0 radical (unpaired) electrons. The maximum Gasteiger partial charge on any atom is 0.489 e. The van der Waals surface area contributed by atoms with Crippen molar-refractivity contribution < 1.29 is 24.4 Å². The second-order valence-corrected chi connectivity index (χ2v) is 6.75. The maximum absolute atomic E-state index is 12.6. The van der Waals surface area contributed by atoms with E-state index in [1.165, 1.54) is 24.5 Å². The number of carbonyl (C=O) groups is 2. The van der Waals surface area contributed by atoms with Gasteiger partial charge in [0.05, 0.1) is 12.1 Å². The van der Waals surface area contributed by atoms with Crippen LogP contribution in [0.4, 0.5) is 11.6 Å². The number of anilines is 2. The number of hydrogen-bond donors (Lipinski definition) is 4. The summed E-state index contributed by atoms with van der Waals surface area (Å²) in [5.74, 6) is 0.627. The molecule has 152 valence electrons. The molecule has 0 bridgehead atoms. The van der Waals surface area contributed by atoms with Gasteiger partial charge in [0.25, 0.3) is 5.91 Å². The van der Waals surface area contributed by atoms with Crippen LogP contribution in [0.3, 0.4) is 0 Å². The van der Waals surface area contributed by atoms with E-state index in [0.717, 1.165) is 0 Å². The van der Waals surface area contributed by atoms with E-state index >= 15 is 0 Å². The van der Waals surface area contributed by atoms with Gasteiger partial charge in [-0.25, -0.2) is 9.97 Å². The van der Waals surface area contributed by atoms with Gasteiger partial charge in [-0.15, -0.1) is 0 Å². The van der Waals surface area contributed by atoms with Gasteiger partial charge in [0, 0.05) is 37.4 Å². The molecule has 1 aliphatic rings. The Balaban J connectivity index is 1.72. The molecule has 29 heavy (non-hydrogen) atoms. The molecular weight excluding hydrogens is 377 g/mol. The summed E-state index contributed by atoms with van der Waals surface area (Å²) in [6, 6.07) is 5.71. The van der Waals surface area contributed by atoms with Crippen molar-refractivity contribution in [1.82, 2.24) is 15.3 Å². The number of nitrogen functional groups attached to an aromatic ring is 1. The zero-order valence-corrected chi connectivity index (χ0v) is 15.9. The van der Waals surface area contributed by atoms with Gasteiger partial charge in [-0.3, -0.25) is 9.59 Å². The highest BCUT2D eigenvalue weighted by Crippen LogP contribution is 2.25. The Morgan fingerprint density at radius 1 is 1.41 bits per heavy atom. The number of hydrogen-bond acceptors (Lipinski definition) is 9. The standard InChI is InChI=1S/C18H22BN5O5/c1-29-14-5-13(24(8-14)17-6-16(20)22-10-23-17)7-21-18(26)11-2-3-15(19(27)28)12(4-11)9-25/h2-4,6,9-10,13-14,27-28H,5,7-8H2,1H3,(H,21,26)(H2,20,22,23)/t13-,14-/m1/s1. The summed E-state index contributed by atoms with van der Waals surface area (Å²) >= 11 is 0. The lowest BCUT2D eigenvalue weighted by Gasteiger charge is -2.25. The number of ether oxygens (including phenoxy) is 1. The minimum absolute atomic E-state index is 0.0138. The monoisotopic (exact) mass is 399 g/mol. The lowest BCUT2D eigenvalue weighted by atomic mass is 9.77. The average Bonchev–Trinajstić information content (AvgIpc) is 3.14. The van der Waals surface area contributed by atoms with Crippen molar-refractivity contribution in [3.63, 3.8) is 0 Å². The molecule has 1 aromatic heterocycles. The Kier molecular flexibility index (Phi) is 6.42. The van der Waals surface area contributed by atoms with Crippen LogP contribution >= 0.6 is 0 Å². The molecule has 3 rings (SSSR count). The Bertz CT molecular complexity index is 897. The van der Waals surface area contributed by atoms with Gasteiger partial charge in [-0.05, 0) is 24.0 Å². The van der Waals surface area contributed by atoms with E-state index in [9.17, 15) is 19.6 Å². The van der Waals surface area contributed by atoms with E-state index in [0.29, 0.717) is 37.4 Å². The van der Waals surface area contributed by atoms with Crippen LogP contribution in [0.25, 0.3) is 0 Å². The van der Waals surface area contributed by atoms with Crippen LogP contribution in [0.1, 0.15) is 27.1 Å². The van der Waals surface area contributed by atoms with Gasteiger partial charge in [0.15, 0.2) is 0 Å². The topological polar surface area (TPSA) is 151 Å². The molecule has 1 aliphatic heterocycles. The SMILES string of the molecule is CO[C@@H]1C[C@H](CNC(=O)c2ccc(B(O)O)c(C=O)c2)N(c2cc(N)ncn2)C1. The van der Waals surface area contributed by atoms with Gasteiger partial charge in [0.1, 0.15) is 24.2 Å². The number of amides is 1. The first-order valence-electron chi connectivity index (χ1n) is 9.03. The van der Waals surface area contributed by atoms with Gasteiger partial charge in [-0.1, -0.05) is 6.07 Å². The first-order valence-corrected chi connectivity index (χ1v) is 9.03. The van der Waals surface area contributed by atoms with Crippen LogP contribution < -0.4 is 21.4 Å². The van der Waals surface area contributed by atoms with Crippen LogP contribution in [-0.4, -0.2) is 71.7 Å². The summed E-state index contributed by atoms with van der Waals surface area (Å²) in [6.45, 7) is 0.926. The fourth-order valence-corrected chi connectivity index (χ4v) is 3.40. The Morgan fingerprint density at radius 2 is 2.21 bits per heavy atom. The molecule has 1 aromatic carbocycles. The Morgan fingerprint density at radius 3 is 2.86 bits per heavy atom. The molecule has 1 amide bonds. The molecule has 0 unspecified atom stereocenters. The fraction of sp³-hybridized carbons (Fsp3) is 0.333. The number of nitrogens with two attached hydrogens (primary N) is 1. The molecule has 2 heterocycles. The molecule has 10 nitrogen and oxygen atoms in total. The van der Waals surface area contributed by atoms with Crippen molar-refractivity contribution in [2.75, 3.05) is 30.8 Å². The normalized spacial score (nSPS) is 18.5. The van der Waals surface area contributed by atoms with E-state index in [4.69, 9.17) is 10.5 Å². The number of rotatable bonds is 7. The average molecular weight is 399 g/mol. The number of aldehydes is 1. The fourth-order valence-electron chi connectivity index (χ4n) is 3.40. The summed E-state index contributed by atoms with van der Waals surface area (Å²) in [5, 5.41) is 21.4. The number of aromatic nitrogens is 2. The minimum atomic E-state index is -1.79. The minimum Gasteiger partial charge on any atom is -0.423 e. The van der Waals surface area contributed by atoms with Crippen molar-refractivity contribution in [1.29, 1.82) is 0 Å². The Hall–Kier alpha value is -3.02. The number of nitrogens with one attached hydrogen (secondary N) is 1. The third kappa shape index (κ3) is 4.70. The first-order chi connectivity index (χ1) is 13.9. The first kappa shape index (κ1) is 20.7. The summed E-state index contributed by atoms with van der Waals surface area (Å²) in [5.41, 5.74) is 6.09. The highest BCUT2D eigenvalue weighted by Gasteiger charge is 2.33. The van der Waals surface area contributed by atoms with Crippen molar-refractivity contribution >= 4 is 36.4 Å². The summed E-state index contributed by atoms with van der Waals surface area (Å²) in [6.07, 6.45) is 2.54. The van der Waals surface area contributed by atoms with Crippen molar-refractivity contribution in [3.05, 3.63) is 41.7 Å². The predicted octanol–water partition coefficient (Wildman–Crippen LogP) is -1.43. The molecule has 11 heteroatoms. The quantitative estimate of drug-likeness (QED) is 0.325. The largest absolute Gasteiger partial charge is 0.489 e. The lowest BCUT2D eigenvalue weighted by molar-refractivity contribution is 0.0946. The molecule has 2 aromatic rings. The number of benzene rings is 1. The van der Waals surface area contributed by atoms with E-state index < -0.39 is 7.12 Å². The van der Waals surface area contributed by atoms with Crippen LogP contribution in [0, 0.1) is 0 Å². The van der Waals surface area contributed by atoms with Crippen LogP contribution in [0.5, 0.6) is 0 Å². The van der Waals surface area contributed by atoms with Crippen molar-refractivity contribution in [2.45, 2.75) is 18.6 Å². The van der Waals surface area contributed by atoms with Crippen molar-refractivity contribution in [2.24, 2.45) is 0 Å². The molecule has 5 N–H and O–H groups in total. The molecule has 1 saturated heterocycles. The predicted molar refractivity (Wildman–Crippen MR) is 107 cm³/mol. The van der Waals surface area contributed by atoms with Crippen LogP contribution in [-0.2, 0) is 4.74 Å². The summed E-state index contributed by atoms with van der Waals surface area (Å²) in [7, 11) is -0.151. The second-order valence-electron chi connectivity index (χ2n) is 6.75. The van der Waals surface area contributed by atoms with Crippen LogP contribution in [0.2, 0.25) is 0 Å². The molecule has 0 aliphatic carbocycles. The van der Waals surface area contributed by atoms with Gasteiger partial charge < -0.3 is 30.7 Å². The molecule has 0 spiro atoms. The zero-order chi connectivity index (χ0) is 21.0. The van der Waals surface area contributed by atoms with Gasteiger partial charge in [0.2, 0.25) is 0 Å². The Labute approximate surface area is 167 Å². The summed E-state index contributed by atoms with van der Waals surface area (Å²) in [4.78, 5) is 33.9. The van der Waals surface area contributed by atoms with Gasteiger partial charge in [-0.2, -0.15) is 0 Å². The highest BCUT2D eigenvalue weighted by atomic mass is 16.5. The third-order valence-electron chi connectivity index (χ3n) is 4.93. The smallest absolute Gasteiger partial charge is 0.423 e. The number of methoxy groups -OCH3 is 1. The molecular formula is C18H22BN5O5. The van der Waals surface area contributed by atoms with Gasteiger partial charge >= 0.3 is 7.12 Å². The van der Waals surface area contributed by atoms with Crippen LogP contribution in [0.15, 0.2) is 30.6 Å². The lowest BCUT2D eigenvalue weighted by Crippen LogP contribution is -2.41. The molecule has 0 saturated carbocycles. The number of nitrogens with zero attached hydrogens (tertiary/aromatic N) is 3. The third-order valence-corrected chi connectivity index (χ3v) is 4.93. The summed E-state index contributed by atoms with van der Waals surface area (Å²) < 4.78 is 5.47. The maximum atomic E-state index is 12.6. The second kappa shape index (κ2) is 8.99. The molecule has 2 atom stereocenters. The number of carbonyl (C=O) groups excluding carboxylic acids is 2. The molecule has 1 fully saturated rings. The van der Waals surface area contributed by atoms with E-state index in [2.05, 4.69) is 15.3 Å². The van der Waals surface area contributed by atoms with E-state index in [1.807, 2.05) is 4.90 Å². The van der Waals surface area contributed by atoms with E-state index in [1.54, 1.807) is 13.2 Å². The zero-order valence-electron chi connectivity index (χ0n) is 15.9. The highest BCUT2D eigenvalue weighted by molar-refractivity contribution is 6.60.